The van der Waals surface area contributed by atoms with Crippen LogP contribution in [0.25, 0.3) is 10.9 Å². The topological polar surface area (TPSA) is 84.3 Å². The van der Waals surface area contributed by atoms with E-state index in [1.807, 2.05) is 6.92 Å². The summed E-state index contributed by atoms with van der Waals surface area (Å²) in [5, 5.41) is 13.6. The van der Waals surface area contributed by atoms with Gasteiger partial charge in [0.15, 0.2) is 0 Å². The number of aromatic carboxylic acids is 1. The van der Waals surface area contributed by atoms with Crippen LogP contribution in [-0.2, 0) is 4.74 Å². The number of carboxylic acids is 1. The molecule has 2 heterocycles. The largest absolute Gasteiger partial charge is 0.478 e. The minimum absolute atomic E-state index is 0.257. The predicted molar refractivity (Wildman–Crippen MR) is 90.4 cm³/mol. The maximum atomic E-state index is 11.3. The summed E-state index contributed by atoms with van der Waals surface area (Å²) in [6, 6.07) is 5.37. The molecule has 1 saturated carbocycles. The highest BCUT2D eigenvalue weighted by Crippen LogP contribution is 2.50. The summed E-state index contributed by atoms with van der Waals surface area (Å²) >= 11 is 0. The molecule has 24 heavy (non-hydrogen) atoms. The summed E-state index contributed by atoms with van der Waals surface area (Å²) in [6.07, 6.45) is 4.49. The number of hydrogen-bond acceptors (Lipinski definition) is 5. The first-order valence-electron chi connectivity index (χ1n) is 8.43. The Labute approximate surface area is 140 Å². The predicted octanol–water partition coefficient (Wildman–Crippen LogP) is 3.01. The molecule has 1 spiro atoms. The van der Waals surface area contributed by atoms with Crippen LogP contribution in [-0.4, -0.2) is 40.3 Å². The number of carboxylic acid groups (broad SMARTS) is 1. The number of fused-ring (bicyclic) bond motifs is 1. The van der Waals surface area contributed by atoms with Crippen molar-refractivity contribution < 1.29 is 14.6 Å². The zero-order valence-corrected chi connectivity index (χ0v) is 13.7. The molecule has 126 valence electrons. The first kappa shape index (κ1) is 15.3. The number of benzene rings is 1. The molecule has 6 heteroatoms. The summed E-state index contributed by atoms with van der Waals surface area (Å²) in [5.74, 6) is 0.498. The number of anilines is 1. The molecule has 0 bridgehead atoms. The monoisotopic (exact) mass is 327 g/mol. The molecule has 2 N–H and O–H groups in total. The highest BCUT2D eigenvalue weighted by molar-refractivity contribution is 5.97. The van der Waals surface area contributed by atoms with Gasteiger partial charge in [-0.15, -0.1) is 0 Å². The molecular formula is C18H21N3O3. The Kier molecular flexibility index (Phi) is 3.64. The lowest BCUT2D eigenvalue weighted by Gasteiger charge is -2.52. The molecule has 2 aliphatic rings. The van der Waals surface area contributed by atoms with Crippen LogP contribution < -0.4 is 5.32 Å². The van der Waals surface area contributed by atoms with Crippen molar-refractivity contribution in [3.63, 3.8) is 0 Å². The lowest BCUT2D eigenvalue weighted by molar-refractivity contribution is -0.0378. The summed E-state index contributed by atoms with van der Waals surface area (Å²) < 4.78 is 5.51. The molecule has 1 aromatic heterocycles. The highest BCUT2D eigenvalue weighted by atomic mass is 16.5. The Morgan fingerprint density at radius 3 is 2.75 bits per heavy atom. The molecule has 6 nitrogen and oxygen atoms in total. The van der Waals surface area contributed by atoms with Gasteiger partial charge in [0.2, 0.25) is 0 Å². The van der Waals surface area contributed by atoms with E-state index < -0.39 is 5.97 Å². The van der Waals surface area contributed by atoms with Gasteiger partial charge in [-0.3, -0.25) is 0 Å². The molecule has 1 saturated heterocycles. The number of aryl methyl sites for hydroxylation is 1. The summed E-state index contributed by atoms with van der Waals surface area (Å²) in [6.45, 7) is 3.51. The van der Waals surface area contributed by atoms with Crippen LogP contribution in [0.1, 0.15) is 41.9 Å². The summed E-state index contributed by atoms with van der Waals surface area (Å²) in [4.78, 5) is 20.3. The molecule has 2 aromatic rings. The smallest absolute Gasteiger partial charge is 0.335 e. The number of nitrogens with zero attached hydrogens (tertiary/aromatic N) is 2. The van der Waals surface area contributed by atoms with Gasteiger partial charge in [0.25, 0.3) is 0 Å². The zero-order valence-electron chi connectivity index (χ0n) is 13.7. The number of nitrogens with one attached hydrogen (secondary N) is 1. The van der Waals surface area contributed by atoms with Crippen LogP contribution in [0.15, 0.2) is 18.2 Å². The molecule has 1 aliphatic carbocycles. The van der Waals surface area contributed by atoms with Crippen molar-refractivity contribution in [2.24, 2.45) is 5.41 Å². The lowest BCUT2D eigenvalue weighted by Crippen LogP contribution is -2.52. The van der Waals surface area contributed by atoms with Crippen LogP contribution in [0.2, 0.25) is 0 Å². The Bertz CT molecular complexity index is 799. The number of aromatic nitrogens is 2. The molecule has 0 radical (unpaired) electrons. The van der Waals surface area contributed by atoms with Gasteiger partial charge >= 0.3 is 5.97 Å². The molecule has 0 amide bonds. The number of rotatable bonds is 3. The first-order valence-corrected chi connectivity index (χ1v) is 8.43. The van der Waals surface area contributed by atoms with Crippen molar-refractivity contribution in [2.75, 3.05) is 18.5 Å². The van der Waals surface area contributed by atoms with Gasteiger partial charge < -0.3 is 15.2 Å². The minimum Gasteiger partial charge on any atom is -0.478 e. The summed E-state index contributed by atoms with van der Waals surface area (Å²) in [7, 11) is 0. The van der Waals surface area contributed by atoms with Crippen molar-refractivity contribution in [1.82, 2.24) is 9.97 Å². The van der Waals surface area contributed by atoms with Crippen molar-refractivity contribution in [3.05, 3.63) is 29.6 Å². The van der Waals surface area contributed by atoms with Crippen LogP contribution in [0.5, 0.6) is 0 Å². The fraction of sp³-hybridized carbons (Fsp3) is 0.500. The van der Waals surface area contributed by atoms with Gasteiger partial charge in [-0.2, -0.15) is 0 Å². The second-order valence-corrected chi connectivity index (χ2v) is 6.87. The number of carbonyl (C=O) groups is 1. The standard InChI is InChI=1S/C18H21N3O3/c1-11-19-14-3-2-12(17(22)23)10-13(14)16(20-11)21-15-4-5-18(15)6-8-24-9-7-18/h2-3,10,15H,4-9H2,1H3,(H,22,23)(H,19,20,21). The van der Waals surface area contributed by atoms with Gasteiger partial charge in [0, 0.05) is 24.6 Å². The van der Waals surface area contributed by atoms with Gasteiger partial charge in [-0.25, -0.2) is 14.8 Å². The van der Waals surface area contributed by atoms with Crippen molar-refractivity contribution >= 4 is 22.7 Å². The molecule has 4 rings (SSSR count). The second kappa shape index (κ2) is 5.70. The number of hydrogen-bond donors (Lipinski definition) is 2. The van der Waals surface area contributed by atoms with E-state index in [4.69, 9.17) is 4.74 Å². The van der Waals surface area contributed by atoms with Gasteiger partial charge in [-0.05, 0) is 56.2 Å². The van der Waals surface area contributed by atoms with E-state index in [-0.39, 0.29) is 5.56 Å². The number of ether oxygens (including phenoxy) is 1. The van der Waals surface area contributed by atoms with E-state index in [0.29, 0.717) is 17.3 Å². The van der Waals surface area contributed by atoms with E-state index in [9.17, 15) is 9.90 Å². The van der Waals surface area contributed by atoms with E-state index in [0.717, 1.165) is 49.2 Å². The third kappa shape index (κ3) is 2.51. The Morgan fingerprint density at radius 1 is 1.29 bits per heavy atom. The second-order valence-electron chi connectivity index (χ2n) is 6.87. The van der Waals surface area contributed by atoms with Crippen LogP contribution in [0.4, 0.5) is 5.82 Å². The molecule has 2 fully saturated rings. The average molecular weight is 327 g/mol. The van der Waals surface area contributed by atoms with Crippen LogP contribution in [0.3, 0.4) is 0 Å². The normalized spacial score (nSPS) is 22.3. The van der Waals surface area contributed by atoms with E-state index in [1.54, 1.807) is 18.2 Å². The molecular weight excluding hydrogens is 306 g/mol. The average Bonchev–Trinajstić information content (AvgIpc) is 2.58. The SMILES string of the molecule is Cc1nc(NC2CCC23CCOCC3)c2cc(C(=O)O)ccc2n1. The molecule has 1 aliphatic heterocycles. The Morgan fingerprint density at radius 2 is 2.08 bits per heavy atom. The third-order valence-corrected chi connectivity index (χ3v) is 5.52. The Hall–Kier alpha value is -2.21. The van der Waals surface area contributed by atoms with Crippen LogP contribution in [0, 0.1) is 12.3 Å². The third-order valence-electron chi connectivity index (χ3n) is 5.52. The van der Waals surface area contributed by atoms with Crippen LogP contribution >= 0.6 is 0 Å². The fourth-order valence-electron chi connectivity index (χ4n) is 3.95. The molecule has 1 atom stereocenters. The maximum Gasteiger partial charge on any atom is 0.335 e. The summed E-state index contributed by atoms with van der Waals surface area (Å²) in [5.41, 5.74) is 1.33. The van der Waals surface area contributed by atoms with Gasteiger partial charge in [0.1, 0.15) is 11.6 Å². The van der Waals surface area contributed by atoms with Gasteiger partial charge in [0.05, 0.1) is 11.1 Å². The molecule has 1 unspecified atom stereocenters. The van der Waals surface area contributed by atoms with E-state index in [1.165, 1.54) is 6.42 Å². The zero-order chi connectivity index (χ0) is 16.7. The first-order chi connectivity index (χ1) is 11.6. The Balaban J connectivity index is 1.70. The van der Waals surface area contributed by atoms with Crippen molar-refractivity contribution in [1.29, 1.82) is 0 Å². The lowest BCUT2D eigenvalue weighted by atomic mass is 9.60. The van der Waals surface area contributed by atoms with E-state index in [2.05, 4.69) is 15.3 Å². The van der Waals surface area contributed by atoms with Crippen molar-refractivity contribution in [3.8, 4) is 0 Å². The quantitative estimate of drug-likeness (QED) is 0.901. The van der Waals surface area contributed by atoms with Crippen molar-refractivity contribution in [2.45, 2.75) is 38.6 Å². The molecule has 1 aromatic carbocycles. The fourth-order valence-corrected chi connectivity index (χ4v) is 3.95. The highest BCUT2D eigenvalue weighted by Gasteiger charge is 2.47. The van der Waals surface area contributed by atoms with E-state index >= 15 is 0 Å². The van der Waals surface area contributed by atoms with Gasteiger partial charge in [-0.1, -0.05) is 0 Å². The minimum atomic E-state index is -0.937. The maximum absolute atomic E-state index is 11.3.